The minimum Gasteiger partial charge on any atom is -0.390 e. The van der Waals surface area contributed by atoms with E-state index in [9.17, 15) is 13.5 Å². The van der Waals surface area contributed by atoms with Crippen molar-refractivity contribution in [2.24, 2.45) is 5.73 Å². The second-order valence-electron chi connectivity index (χ2n) is 3.70. The number of aliphatic hydroxyl groups excluding tert-OH is 1. The van der Waals surface area contributed by atoms with E-state index < -0.39 is 15.9 Å². The molecule has 0 spiro atoms. The van der Waals surface area contributed by atoms with Crippen LogP contribution in [0.3, 0.4) is 0 Å². The number of β-amino-alcohol motifs (C(OH)–C–C–N with tert-alkyl or cyclic N) is 1. The van der Waals surface area contributed by atoms with Gasteiger partial charge in [0.15, 0.2) is 9.84 Å². The molecular formula is C8H18N2O3S. The van der Waals surface area contributed by atoms with Crippen molar-refractivity contribution in [3.8, 4) is 0 Å². The molecule has 5 nitrogen and oxygen atoms in total. The maximum atomic E-state index is 11.3. The van der Waals surface area contributed by atoms with Crippen molar-refractivity contribution < 1.29 is 13.5 Å². The van der Waals surface area contributed by atoms with Crippen molar-refractivity contribution in [1.82, 2.24) is 4.90 Å². The molecule has 1 fully saturated rings. The average Bonchev–Trinajstić information content (AvgIpc) is 2.28. The summed E-state index contributed by atoms with van der Waals surface area (Å²) >= 11 is 0. The first-order chi connectivity index (χ1) is 6.53. The summed E-state index contributed by atoms with van der Waals surface area (Å²) in [6.45, 7) is 1.95. The molecule has 1 saturated heterocycles. The van der Waals surface area contributed by atoms with Crippen molar-refractivity contribution in [3.05, 3.63) is 0 Å². The minimum absolute atomic E-state index is 0.199. The highest BCUT2D eigenvalue weighted by atomic mass is 32.2. The van der Waals surface area contributed by atoms with Crippen molar-refractivity contribution in [2.45, 2.75) is 12.5 Å². The zero-order valence-corrected chi connectivity index (χ0v) is 9.04. The van der Waals surface area contributed by atoms with Crippen molar-refractivity contribution >= 4 is 9.84 Å². The third-order valence-corrected chi connectivity index (χ3v) is 4.10. The number of nitrogens with two attached hydrogens (primary N) is 1. The molecule has 1 rings (SSSR count). The van der Waals surface area contributed by atoms with Crippen LogP contribution in [0.5, 0.6) is 0 Å². The third kappa shape index (κ3) is 3.91. The van der Waals surface area contributed by atoms with Gasteiger partial charge in [0.25, 0.3) is 0 Å². The number of hydrogen-bond acceptors (Lipinski definition) is 5. The molecule has 0 aromatic heterocycles. The Balaban J connectivity index is 2.42. The number of rotatable bonds is 3. The summed E-state index contributed by atoms with van der Waals surface area (Å²) in [5.41, 5.74) is 5.29. The Morgan fingerprint density at radius 2 is 2.07 bits per heavy atom. The zero-order valence-electron chi connectivity index (χ0n) is 8.22. The van der Waals surface area contributed by atoms with Crippen LogP contribution in [0.15, 0.2) is 0 Å². The molecule has 0 saturated carbocycles. The van der Waals surface area contributed by atoms with Gasteiger partial charge in [-0.3, -0.25) is 4.90 Å². The van der Waals surface area contributed by atoms with Gasteiger partial charge in [0.2, 0.25) is 0 Å². The lowest BCUT2D eigenvalue weighted by atomic mass is 10.3. The molecule has 0 aliphatic carbocycles. The van der Waals surface area contributed by atoms with Crippen LogP contribution in [-0.4, -0.2) is 62.2 Å². The number of sulfone groups is 1. The molecule has 0 radical (unpaired) electrons. The highest BCUT2D eigenvalue weighted by Crippen LogP contribution is 2.05. The molecule has 1 aliphatic heterocycles. The second kappa shape index (κ2) is 5.06. The Labute approximate surface area is 84.8 Å². The number of hydrogen-bond donors (Lipinski definition) is 2. The Morgan fingerprint density at radius 3 is 2.71 bits per heavy atom. The van der Waals surface area contributed by atoms with Crippen LogP contribution in [0.25, 0.3) is 0 Å². The van der Waals surface area contributed by atoms with Crippen LogP contribution in [0.1, 0.15) is 6.42 Å². The maximum absolute atomic E-state index is 11.3. The first-order valence-electron chi connectivity index (χ1n) is 4.84. The van der Waals surface area contributed by atoms with Crippen LogP contribution in [0, 0.1) is 0 Å². The molecular weight excluding hydrogens is 204 g/mol. The Bertz CT molecular complexity index is 266. The van der Waals surface area contributed by atoms with Gasteiger partial charge in [0.1, 0.15) is 0 Å². The quantitative estimate of drug-likeness (QED) is 0.602. The first kappa shape index (κ1) is 11.9. The van der Waals surface area contributed by atoms with E-state index in [1.165, 1.54) is 0 Å². The standard InChI is InChI=1S/C8H18N2O3S/c9-6-8(11)7-10-2-1-4-14(12,13)5-3-10/h8,11H,1-7,9H2. The van der Waals surface area contributed by atoms with Crippen LogP contribution >= 0.6 is 0 Å². The summed E-state index contributed by atoms with van der Waals surface area (Å²) in [6.07, 6.45) is 0.107. The summed E-state index contributed by atoms with van der Waals surface area (Å²) < 4.78 is 22.5. The molecule has 0 aromatic rings. The number of nitrogens with zero attached hydrogens (tertiary/aromatic N) is 1. The van der Waals surface area contributed by atoms with E-state index >= 15 is 0 Å². The van der Waals surface area contributed by atoms with Gasteiger partial charge in [0.05, 0.1) is 17.6 Å². The van der Waals surface area contributed by atoms with E-state index in [4.69, 9.17) is 5.73 Å². The van der Waals surface area contributed by atoms with Crippen LogP contribution in [0.2, 0.25) is 0 Å². The zero-order chi connectivity index (χ0) is 10.6. The van der Waals surface area contributed by atoms with Gasteiger partial charge in [-0.2, -0.15) is 0 Å². The molecule has 0 amide bonds. The Kier molecular flexibility index (Phi) is 4.31. The van der Waals surface area contributed by atoms with Gasteiger partial charge in [-0.1, -0.05) is 0 Å². The highest BCUT2D eigenvalue weighted by Gasteiger charge is 2.20. The molecule has 0 aromatic carbocycles. The molecule has 0 bridgehead atoms. The molecule has 1 aliphatic rings. The first-order valence-corrected chi connectivity index (χ1v) is 6.66. The molecule has 1 heterocycles. The third-order valence-electron chi connectivity index (χ3n) is 2.39. The van der Waals surface area contributed by atoms with E-state index in [0.29, 0.717) is 19.5 Å². The van der Waals surface area contributed by atoms with Crippen LogP contribution < -0.4 is 5.73 Å². The average molecular weight is 222 g/mol. The molecule has 84 valence electrons. The van der Waals surface area contributed by atoms with E-state index in [1.807, 2.05) is 4.90 Å². The highest BCUT2D eigenvalue weighted by molar-refractivity contribution is 7.91. The maximum Gasteiger partial charge on any atom is 0.151 e. The fourth-order valence-corrected chi connectivity index (χ4v) is 2.85. The SMILES string of the molecule is NCC(O)CN1CCCS(=O)(=O)CC1. The normalized spacial score (nSPS) is 25.6. The lowest BCUT2D eigenvalue weighted by Crippen LogP contribution is -2.38. The fraction of sp³-hybridized carbons (Fsp3) is 1.00. The van der Waals surface area contributed by atoms with Crippen molar-refractivity contribution in [2.75, 3.05) is 37.7 Å². The van der Waals surface area contributed by atoms with Gasteiger partial charge < -0.3 is 10.8 Å². The summed E-state index contributed by atoms with van der Waals surface area (Å²) in [5, 5.41) is 9.32. The summed E-state index contributed by atoms with van der Waals surface area (Å²) in [7, 11) is -2.85. The number of aliphatic hydroxyl groups is 1. The molecule has 1 unspecified atom stereocenters. The van der Waals surface area contributed by atoms with E-state index in [-0.39, 0.29) is 18.1 Å². The predicted molar refractivity (Wildman–Crippen MR) is 54.8 cm³/mol. The topological polar surface area (TPSA) is 83.6 Å². The predicted octanol–water partition coefficient (Wildman–Crippen LogP) is -1.57. The lowest BCUT2D eigenvalue weighted by Gasteiger charge is -2.21. The van der Waals surface area contributed by atoms with Crippen molar-refractivity contribution in [1.29, 1.82) is 0 Å². The smallest absolute Gasteiger partial charge is 0.151 e. The van der Waals surface area contributed by atoms with E-state index in [2.05, 4.69) is 0 Å². The van der Waals surface area contributed by atoms with Gasteiger partial charge in [-0.05, 0) is 13.0 Å². The summed E-state index contributed by atoms with van der Waals surface area (Å²) in [6, 6.07) is 0. The van der Waals surface area contributed by atoms with Crippen LogP contribution in [-0.2, 0) is 9.84 Å². The van der Waals surface area contributed by atoms with E-state index in [0.717, 1.165) is 6.54 Å². The summed E-state index contributed by atoms with van der Waals surface area (Å²) in [5.74, 6) is 0.465. The molecule has 14 heavy (non-hydrogen) atoms. The molecule has 1 atom stereocenters. The Hall–Kier alpha value is -0.170. The molecule has 3 N–H and O–H groups in total. The Morgan fingerprint density at radius 1 is 1.36 bits per heavy atom. The summed E-state index contributed by atoms with van der Waals surface area (Å²) in [4.78, 5) is 1.96. The molecule has 6 heteroatoms. The van der Waals surface area contributed by atoms with Gasteiger partial charge in [0, 0.05) is 19.6 Å². The van der Waals surface area contributed by atoms with Gasteiger partial charge in [-0.25, -0.2) is 8.42 Å². The fourth-order valence-electron chi connectivity index (χ4n) is 1.55. The van der Waals surface area contributed by atoms with Gasteiger partial charge >= 0.3 is 0 Å². The largest absolute Gasteiger partial charge is 0.390 e. The lowest BCUT2D eigenvalue weighted by molar-refractivity contribution is 0.123. The van der Waals surface area contributed by atoms with Crippen molar-refractivity contribution in [3.63, 3.8) is 0 Å². The minimum atomic E-state index is -2.85. The van der Waals surface area contributed by atoms with Gasteiger partial charge in [-0.15, -0.1) is 0 Å². The monoisotopic (exact) mass is 222 g/mol. The van der Waals surface area contributed by atoms with E-state index in [1.54, 1.807) is 0 Å². The second-order valence-corrected chi connectivity index (χ2v) is 6.00. The van der Waals surface area contributed by atoms with Crippen LogP contribution in [0.4, 0.5) is 0 Å².